The van der Waals surface area contributed by atoms with Gasteiger partial charge in [0.1, 0.15) is 0 Å². The molecule has 0 radical (unpaired) electrons. The smallest absolute Gasteiger partial charge is 0.237 e. The second-order valence-electron chi connectivity index (χ2n) is 7.04. The first kappa shape index (κ1) is 18.4. The molecule has 1 amide bonds. The molecule has 1 atom stereocenters. The second-order valence-corrected chi connectivity index (χ2v) is 8.34. The maximum atomic E-state index is 12.6. The first-order chi connectivity index (χ1) is 11.2. The van der Waals surface area contributed by atoms with E-state index in [0.717, 1.165) is 11.3 Å². The number of thioether (sulfide) groups is 1. The van der Waals surface area contributed by atoms with Crippen LogP contribution in [0.4, 0.5) is 5.69 Å². The van der Waals surface area contributed by atoms with Gasteiger partial charge in [-0.1, -0.05) is 43.8 Å². The van der Waals surface area contributed by atoms with E-state index in [9.17, 15) is 4.79 Å². The van der Waals surface area contributed by atoms with Crippen molar-refractivity contribution in [3.63, 3.8) is 0 Å². The van der Waals surface area contributed by atoms with Crippen molar-refractivity contribution in [3.05, 3.63) is 29.8 Å². The number of hydrogen-bond acceptors (Lipinski definition) is 5. The summed E-state index contributed by atoms with van der Waals surface area (Å²) in [5.41, 5.74) is 1.76. The Hall–Kier alpha value is -1.89. The van der Waals surface area contributed by atoms with Crippen LogP contribution in [0.25, 0.3) is 0 Å². The number of aromatic nitrogens is 4. The van der Waals surface area contributed by atoms with Crippen molar-refractivity contribution in [2.24, 2.45) is 0 Å². The Morgan fingerprint density at radius 3 is 2.50 bits per heavy atom. The number of hydrogen-bond donors (Lipinski definition) is 1. The first-order valence-electron chi connectivity index (χ1n) is 8.05. The van der Waals surface area contributed by atoms with Gasteiger partial charge in [0.05, 0.1) is 10.8 Å². The molecule has 0 bridgehead atoms. The summed E-state index contributed by atoms with van der Waals surface area (Å²) in [6.45, 7) is 12.2. The summed E-state index contributed by atoms with van der Waals surface area (Å²) in [5.74, 6) is 0.286. The summed E-state index contributed by atoms with van der Waals surface area (Å²) < 4.78 is 1.74. The third-order valence-corrected chi connectivity index (χ3v) is 4.60. The zero-order valence-electron chi connectivity index (χ0n) is 15.1. The maximum absolute atomic E-state index is 12.6. The molecule has 130 valence electrons. The Labute approximate surface area is 147 Å². The fourth-order valence-corrected chi connectivity index (χ4v) is 3.21. The van der Waals surface area contributed by atoms with Gasteiger partial charge in [0.25, 0.3) is 0 Å². The molecule has 6 nitrogen and oxygen atoms in total. The summed E-state index contributed by atoms with van der Waals surface area (Å²) in [7, 11) is 0. The number of nitrogens with one attached hydrogen (secondary N) is 1. The van der Waals surface area contributed by atoms with Crippen molar-refractivity contribution >= 4 is 23.4 Å². The van der Waals surface area contributed by atoms with Crippen LogP contribution in [0.3, 0.4) is 0 Å². The zero-order valence-corrected chi connectivity index (χ0v) is 15.9. The third-order valence-electron chi connectivity index (χ3n) is 3.57. The molecule has 0 saturated carbocycles. The van der Waals surface area contributed by atoms with E-state index >= 15 is 0 Å². The van der Waals surface area contributed by atoms with E-state index in [-0.39, 0.29) is 16.7 Å². The molecule has 1 aromatic heterocycles. The van der Waals surface area contributed by atoms with Crippen molar-refractivity contribution in [2.75, 3.05) is 5.32 Å². The van der Waals surface area contributed by atoms with Gasteiger partial charge < -0.3 is 5.32 Å². The number of carbonyl (C=O) groups is 1. The lowest BCUT2D eigenvalue weighted by atomic mass is 10.0. The molecule has 0 spiro atoms. The van der Waals surface area contributed by atoms with Gasteiger partial charge in [-0.05, 0) is 55.7 Å². The van der Waals surface area contributed by atoms with Crippen LogP contribution in [0.1, 0.15) is 53.0 Å². The maximum Gasteiger partial charge on any atom is 0.237 e. The molecule has 1 N–H and O–H groups in total. The van der Waals surface area contributed by atoms with Crippen LogP contribution in [0, 0.1) is 0 Å². The average molecular weight is 347 g/mol. The van der Waals surface area contributed by atoms with Crippen molar-refractivity contribution < 1.29 is 4.79 Å². The number of tetrazole rings is 1. The monoisotopic (exact) mass is 347 g/mol. The molecule has 0 aliphatic heterocycles. The van der Waals surface area contributed by atoms with Gasteiger partial charge >= 0.3 is 0 Å². The molecule has 0 saturated heterocycles. The average Bonchev–Trinajstić information content (AvgIpc) is 2.95. The first-order valence-corrected chi connectivity index (χ1v) is 8.93. The Balaban J connectivity index is 2.10. The molecule has 0 aliphatic rings. The quantitative estimate of drug-likeness (QED) is 0.836. The molecule has 7 heteroatoms. The van der Waals surface area contributed by atoms with Gasteiger partial charge in [0.15, 0.2) is 0 Å². The van der Waals surface area contributed by atoms with E-state index in [1.807, 2.05) is 52.0 Å². The fourth-order valence-electron chi connectivity index (χ4n) is 2.23. The lowest BCUT2D eigenvalue weighted by Crippen LogP contribution is -2.27. The molecule has 2 rings (SSSR count). The Bertz CT molecular complexity index is 705. The minimum atomic E-state index is -0.308. The third kappa shape index (κ3) is 4.35. The van der Waals surface area contributed by atoms with Gasteiger partial charge in [0, 0.05) is 5.69 Å². The molecular weight excluding hydrogens is 322 g/mol. The number of amides is 1. The minimum Gasteiger partial charge on any atom is -0.325 e. The molecule has 1 unspecified atom stereocenters. The van der Waals surface area contributed by atoms with Gasteiger partial charge in [-0.15, -0.1) is 5.10 Å². The largest absolute Gasteiger partial charge is 0.325 e. The van der Waals surface area contributed by atoms with Crippen LogP contribution in [-0.2, 0) is 10.3 Å². The van der Waals surface area contributed by atoms with Crippen molar-refractivity contribution in [2.45, 2.75) is 63.4 Å². The summed E-state index contributed by atoms with van der Waals surface area (Å²) in [6.07, 6.45) is 0. The number of benzene rings is 1. The highest BCUT2D eigenvalue weighted by Crippen LogP contribution is 2.27. The fraction of sp³-hybridized carbons (Fsp3) is 0.529. The highest BCUT2D eigenvalue weighted by Gasteiger charge is 2.24. The van der Waals surface area contributed by atoms with Crippen molar-refractivity contribution in [3.8, 4) is 0 Å². The van der Waals surface area contributed by atoms with E-state index < -0.39 is 0 Å². The van der Waals surface area contributed by atoms with Crippen LogP contribution in [0.2, 0.25) is 0 Å². The SMILES string of the molecule is CC(Sc1nnnn1C(C)(C)C)C(=O)Nc1ccccc1C(C)C. The zero-order chi connectivity index (χ0) is 17.9. The summed E-state index contributed by atoms with van der Waals surface area (Å²) in [5, 5.41) is 15.2. The molecule has 0 fully saturated rings. The van der Waals surface area contributed by atoms with E-state index in [0.29, 0.717) is 11.1 Å². The van der Waals surface area contributed by atoms with Crippen LogP contribution < -0.4 is 5.32 Å². The molecule has 0 aliphatic carbocycles. The molecule has 1 heterocycles. The van der Waals surface area contributed by atoms with Crippen molar-refractivity contribution in [1.29, 1.82) is 0 Å². The molecule has 2 aromatic rings. The normalized spacial score (nSPS) is 13.1. The molecule has 1 aromatic carbocycles. The lowest BCUT2D eigenvalue weighted by molar-refractivity contribution is -0.115. The van der Waals surface area contributed by atoms with E-state index in [2.05, 4.69) is 34.7 Å². The van der Waals surface area contributed by atoms with Crippen molar-refractivity contribution in [1.82, 2.24) is 20.2 Å². The van der Waals surface area contributed by atoms with Crippen LogP contribution >= 0.6 is 11.8 Å². The number of rotatable bonds is 5. The van der Waals surface area contributed by atoms with Crippen LogP contribution in [0.5, 0.6) is 0 Å². The summed E-state index contributed by atoms with van der Waals surface area (Å²) in [4.78, 5) is 12.6. The van der Waals surface area contributed by atoms with E-state index in [4.69, 9.17) is 0 Å². The topological polar surface area (TPSA) is 72.7 Å². The second kappa shape index (κ2) is 7.34. The molecular formula is C17H25N5OS. The summed E-state index contributed by atoms with van der Waals surface area (Å²) in [6, 6.07) is 7.89. The lowest BCUT2D eigenvalue weighted by Gasteiger charge is -2.21. The van der Waals surface area contributed by atoms with Gasteiger partial charge in [-0.25, -0.2) is 4.68 Å². The number of para-hydroxylation sites is 1. The number of anilines is 1. The highest BCUT2D eigenvalue weighted by molar-refractivity contribution is 8.00. The van der Waals surface area contributed by atoms with E-state index in [1.54, 1.807) is 4.68 Å². The number of carbonyl (C=O) groups excluding carboxylic acids is 1. The predicted molar refractivity (Wildman–Crippen MR) is 97.3 cm³/mol. The Kier molecular flexibility index (Phi) is 5.64. The van der Waals surface area contributed by atoms with Crippen LogP contribution in [0.15, 0.2) is 29.4 Å². The van der Waals surface area contributed by atoms with Gasteiger partial charge in [0.2, 0.25) is 11.1 Å². The Morgan fingerprint density at radius 2 is 1.88 bits per heavy atom. The number of nitrogens with zero attached hydrogens (tertiary/aromatic N) is 4. The Morgan fingerprint density at radius 1 is 1.21 bits per heavy atom. The standard InChI is InChI=1S/C17H25N5OS/c1-11(2)13-9-7-8-10-14(13)18-15(23)12(3)24-16-19-20-21-22(16)17(4,5)6/h7-12H,1-6H3,(H,18,23). The van der Waals surface area contributed by atoms with Crippen LogP contribution in [-0.4, -0.2) is 31.4 Å². The van der Waals surface area contributed by atoms with Gasteiger partial charge in [-0.3, -0.25) is 4.79 Å². The predicted octanol–water partition coefficient (Wildman–Crippen LogP) is 3.67. The molecule has 24 heavy (non-hydrogen) atoms. The van der Waals surface area contributed by atoms with E-state index in [1.165, 1.54) is 11.8 Å². The summed E-state index contributed by atoms with van der Waals surface area (Å²) >= 11 is 1.36. The van der Waals surface area contributed by atoms with Gasteiger partial charge in [-0.2, -0.15) is 0 Å². The highest BCUT2D eigenvalue weighted by atomic mass is 32.2. The minimum absolute atomic E-state index is 0.0587.